The van der Waals surface area contributed by atoms with Gasteiger partial charge in [0, 0.05) is 56.0 Å². The minimum Gasteiger partial charge on any atom is -0.505 e. The van der Waals surface area contributed by atoms with E-state index in [4.69, 9.17) is 37.3 Å². The number of rotatable bonds is 18. The molecule has 2 saturated carbocycles. The summed E-state index contributed by atoms with van der Waals surface area (Å²) in [5.74, 6) is -10.9. The first-order valence-electron chi connectivity index (χ1n) is 29.7. The van der Waals surface area contributed by atoms with Crippen LogP contribution in [0.1, 0.15) is 131 Å². The molecule has 478 valence electrons. The van der Waals surface area contributed by atoms with Gasteiger partial charge in [0.1, 0.15) is 35.6 Å². The number of halogens is 1. The van der Waals surface area contributed by atoms with Crippen molar-refractivity contribution in [3.05, 3.63) is 159 Å². The van der Waals surface area contributed by atoms with E-state index in [0.29, 0.717) is 5.56 Å². The number of phenolic OH excluding ortho intramolecular Hbond substituents is 1. The zero-order valence-electron chi connectivity index (χ0n) is 52.0. The number of fused-ring (bicyclic) bond motifs is 6. The van der Waals surface area contributed by atoms with Crippen LogP contribution < -0.4 is 16.3 Å². The van der Waals surface area contributed by atoms with Crippen LogP contribution in [0.3, 0.4) is 0 Å². The van der Waals surface area contributed by atoms with Crippen molar-refractivity contribution in [2.24, 2.45) is 16.7 Å². The Morgan fingerprint density at radius 2 is 1.43 bits per heavy atom. The predicted octanol–water partition coefficient (Wildman–Crippen LogP) is 8.48. The quantitative estimate of drug-likeness (QED) is 0.0160. The molecule has 3 aliphatic carbocycles. The van der Waals surface area contributed by atoms with E-state index < -0.39 is 179 Å². The Hall–Kier alpha value is -8.38. The average Bonchev–Trinajstić information content (AvgIpc) is 0.669. The molecule has 0 radical (unpaired) electrons. The predicted molar refractivity (Wildman–Crippen MR) is 323 cm³/mol. The molecule has 2 heterocycles. The van der Waals surface area contributed by atoms with Crippen molar-refractivity contribution in [3.63, 3.8) is 0 Å². The number of aliphatic hydroxyl groups is 1. The minimum absolute atomic E-state index is 0.00265. The van der Waals surface area contributed by atoms with E-state index in [1.165, 1.54) is 25.1 Å². The first-order valence-corrected chi connectivity index (χ1v) is 32.6. The van der Waals surface area contributed by atoms with Gasteiger partial charge in [0.05, 0.1) is 29.5 Å². The summed E-state index contributed by atoms with van der Waals surface area (Å²) >= 11 is 0. The highest BCUT2D eigenvalue weighted by molar-refractivity contribution is 6.74. The molecule has 4 aromatic carbocycles. The van der Waals surface area contributed by atoms with Crippen molar-refractivity contribution in [1.29, 1.82) is 0 Å². The van der Waals surface area contributed by atoms with Gasteiger partial charge in [0.2, 0.25) is 5.82 Å². The highest BCUT2D eigenvalue weighted by Gasteiger charge is 2.79. The number of nitrogens with one attached hydrogen (secondary N) is 2. The molecule has 1 unspecified atom stereocenters. The number of aromatic hydroxyl groups is 1. The lowest BCUT2D eigenvalue weighted by Crippen LogP contribution is -2.82. The number of amides is 2. The molecule has 1 saturated heterocycles. The molecule has 1 aromatic heterocycles. The third-order valence-corrected chi connectivity index (χ3v) is 23.3. The number of hydrogen-bond acceptors (Lipinski definition) is 19. The maximum atomic E-state index is 16.6. The van der Waals surface area contributed by atoms with Crippen molar-refractivity contribution in [3.8, 4) is 5.75 Å². The van der Waals surface area contributed by atoms with Crippen LogP contribution in [0.4, 0.5) is 4.39 Å². The molecule has 4 aliphatic rings. The summed E-state index contributed by atoms with van der Waals surface area (Å²) in [5.41, 5.74) is -10.0. The molecule has 11 atom stereocenters. The van der Waals surface area contributed by atoms with Gasteiger partial charge < -0.3 is 58.1 Å². The number of ether oxygens (including phenoxy) is 6. The molecule has 21 nitrogen and oxygen atoms in total. The fourth-order valence-electron chi connectivity index (χ4n) is 13.0. The van der Waals surface area contributed by atoms with Crippen LogP contribution in [0, 0.1) is 22.6 Å². The van der Waals surface area contributed by atoms with Crippen molar-refractivity contribution >= 4 is 66.7 Å². The van der Waals surface area contributed by atoms with Crippen LogP contribution in [0.15, 0.2) is 130 Å². The van der Waals surface area contributed by atoms with E-state index in [2.05, 4.69) is 10.6 Å². The molecule has 23 heteroatoms. The molecular formula is C67H75FN2O19Si. The van der Waals surface area contributed by atoms with Crippen LogP contribution >= 0.6 is 0 Å². The first-order chi connectivity index (χ1) is 42.3. The number of Topliss-reactive ketones (excluding diaryl/α,β-unsaturated/α-hetero) is 1. The number of carbonyl (C=O) groups is 8. The van der Waals surface area contributed by atoms with Crippen LogP contribution in [0.2, 0.25) is 18.1 Å². The Labute approximate surface area is 520 Å². The summed E-state index contributed by atoms with van der Waals surface area (Å²) in [6.45, 7) is 17.3. The zero-order chi connectivity index (χ0) is 65.6. The molecule has 5 aromatic rings. The number of hydrogen-bond donors (Lipinski definition) is 4. The Balaban J connectivity index is 1.15. The van der Waals surface area contributed by atoms with Crippen molar-refractivity contribution in [2.75, 3.05) is 13.2 Å². The monoisotopic (exact) mass is 1260 g/mol. The van der Waals surface area contributed by atoms with Crippen molar-refractivity contribution in [2.45, 2.75) is 160 Å². The van der Waals surface area contributed by atoms with Crippen molar-refractivity contribution in [1.82, 2.24) is 10.6 Å². The van der Waals surface area contributed by atoms with Gasteiger partial charge in [-0.05, 0) is 97.6 Å². The van der Waals surface area contributed by atoms with Gasteiger partial charge in [-0.1, -0.05) is 101 Å². The van der Waals surface area contributed by atoms with Gasteiger partial charge in [0.15, 0.2) is 43.2 Å². The minimum atomic E-state index is -3.04. The van der Waals surface area contributed by atoms with E-state index in [0.717, 1.165) is 26.0 Å². The second-order valence-electron chi connectivity index (χ2n) is 25.8. The number of carbonyl (C=O) groups excluding carboxylic acids is 8. The van der Waals surface area contributed by atoms with Gasteiger partial charge >= 0.3 is 35.5 Å². The molecule has 3 fully saturated rings. The topological polar surface area (TPSA) is 296 Å². The van der Waals surface area contributed by atoms with Crippen LogP contribution in [-0.4, -0.2) is 127 Å². The smallest absolute Gasteiger partial charge is 0.349 e. The Morgan fingerprint density at radius 1 is 0.811 bits per heavy atom. The summed E-state index contributed by atoms with van der Waals surface area (Å²) in [4.78, 5) is 129. The lowest BCUT2D eigenvalue weighted by molar-refractivity contribution is -0.346. The second kappa shape index (κ2) is 25.1. The molecule has 1 aliphatic heterocycles. The van der Waals surface area contributed by atoms with Gasteiger partial charge in [-0.25, -0.2) is 14.4 Å². The van der Waals surface area contributed by atoms with E-state index in [9.17, 15) is 48.2 Å². The zero-order valence-corrected chi connectivity index (χ0v) is 53.0. The molecular weight excluding hydrogens is 1180 g/mol. The van der Waals surface area contributed by atoms with E-state index in [-0.39, 0.29) is 47.0 Å². The maximum absolute atomic E-state index is 16.6. The molecule has 4 N–H and O–H groups in total. The van der Waals surface area contributed by atoms with E-state index in [1.807, 2.05) is 33.9 Å². The Kier molecular flexibility index (Phi) is 18.4. The number of ketones is 1. The lowest BCUT2D eigenvalue weighted by Gasteiger charge is -2.67. The molecule has 9 rings (SSSR count). The summed E-state index contributed by atoms with van der Waals surface area (Å²) < 4.78 is 64.9. The summed E-state index contributed by atoms with van der Waals surface area (Å²) in [7, 11) is -3.04. The Bertz CT molecular complexity index is 3740. The normalized spacial score (nSPS) is 25.9. The van der Waals surface area contributed by atoms with Gasteiger partial charge in [-0.2, -0.15) is 4.39 Å². The van der Waals surface area contributed by atoms with Gasteiger partial charge in [0.25, 0.3) is 11.8 Å². The van der Waals surface area contributed by atoms with Gasteiger partial charge in [-0.3, -0.25) is 28.8 Å². The highest BCUT2D eigenvalue weighted by atomic mass is 28.4. The molecule has 2 bridgehead atoms. The summed E-state index contributed by atoms with van der Waals surface area (Å²) in [6, 6.07) is 26.9. The lowest BCUT2D eigenvalue weighted by atomic mass is 9.44. The van der Waals surface area contributed by atoms with E-state index in [1.54, 1.807) is 99.6 Å². The number of phenols is 1. The molecule has 90 heavy (non-hydrogen) atoms. The second-order valence-corrected chi connectivity index (χ2v) is 30.6. The summed E-state index contributed by atoms with van der Waals surface area (Å²) in [6.07, 6.45) is -11.4. The number of esters is 5. The maximum Gasteiger partial charge on any atom is 0.349 e. The molecule has 0 spiro atoms. The summed E-state index contributed by atoms with van der Waals surface area (Å²) in [5, 5.41) is 29.2. The van der Waals surface area contributed by atoms with Crippen LogP contribution in [0.5, 0.6) is 5.75 Å². The van der Waals surface area contributed by atoms with Crippen LogP contribution in [0.25, 0.3) is 11.0 Å². The molecule has 2 amide bonds. The fourth-order valence-corrected chi connectivity index (χ4v) is 14.2. The van der Waals surface area contributed by atoms with Crippen molar-refractivity contribution < 1.29 is 90.2 Å². The standard InChI is InChI=1S/C67H75FN2O19Si/c1-36-45(84-62(80)54(89-90(10,11)63(4,5)6)51(39-22-15-12-16-23-39)70-58(76)40-24-17-13-18-25-40)34-67(81)57(87-60(78)41-26-19-14-20-27-41)55-65(9,56(75)53(83-37(2)71)49(36)64(67,7)8)46(33-47-66(55,35-82-47)88-38(3)72)85-48(74)28-21-31-69-59(77)43-32-42-29-30-44(73)50(68)52(42)86-61(43)79/h12-20,22-27,29-30,32,45-47,51,53-55,57,73,81H,21,28,31,33-35H2,1-11H3,(H,69,77)(H,70,76)/t45-,46-,47+,51-,53+,54+,55?,57-,65+,66-,67+/m0/s1. The highest BCUT2D eigenvalue weighted by Crippen LogP contribution is 2.65. The SMILES string of the molecule is CC(=O)O[C@H]1C(=O)[C@@]2(C)C([C@H](OC(=O)c3ccccc3)[C@]3(O)C[C@H](OC(=O)[C@H](O[Si](C)(C)C(C)(C)C)[C@@H](NC(=O)c4ccccc4)c4ccccc4)C(C)=C1C3(C)C)[C@]1(OC(C)=O)CO[C@@H]1C[C@@H]2OC(=O)CCCNC(=O)c1cc2ccc(O)c(F)c2oc1=O. The Morgan fingerprint density at radius 3 is 2.02 bits per heavy atom. The number of benzene rings is 4. The third-order valence-electron chi connectivity index (χ3n) is 18.8. The largest absolute Gasteiger partial charge is 0.505 e. The fraction of sp³-hybridized carbons (Fsp3) is 0.448. The third kappa shape index (κ3) is 12.2. The van der Waals surface area contributed by atoms with Gasteiger partial charge in [-0.15, -0.1) is 0 Å². The first kappa shape index (κ1) is 66.0. The van der Waals surface area contributed by atoms with E-state index >= 15 is 9.59 Å². The van der Waals surface area contributed by atoms with Crippen LogP contribution in [-0.2, 0) is 56.8 Å². The average molecular weight is 1260 g/mol.